The van der Waals surface area contributed by atoms with Gasteiger partial charge < -0.3 is 14.9 Å². The monoisotopic (exact) mass is 476 g/mol. The van der Waals surface area contributed by atoms with E-state index in [0.717, 1.165) is 16.6 Å². The lowest BCUT2D eigenvalue weighted by Gasteiger charge is -2.38. The maximum Gasteiger partial charge on any atom is 0.407 e. The fourth-order valence-electron chi connectivity index (χ4n) is 4.24. The smallest absolute Gasteiger partial charge is 0.407 e. The molecule has 1 aliphatic heterocycles. The third-order valence-corrected chi connectivity index (χ3v) is 6.34. The molecule has 1 fully saturated rings. The molecule has 1 saturated heterocycles. The third kappa shape index (κ3) is 4.06. The van der Waals surface area contributed by atoms with Gasteiger partial charge >= 0.3 is 6.09 Å². The lowest BCUT2D eigenvalue weighted by Crippen LogP contribution is -2.55. The summed E-state index contributed by atoms with van der Waals surface area (Å²) >= 11 is 6.58. The number of amides is 2. The van der Waals surface area contributed by atoms with Crippen LogP contribution in [-0.2, 0) is 0 Å². The number of hydrogen-bond acceptors (Lipinski definition) is 5. The van der Waals surface area contributed by atoms with Crippen LogP contribution in [0.1, 0.15) is 17.3 Å². The summed E-state index contributed by atoms with van der Waals surface area (Å²) in [5, 5.41) is 18.3. The van der Waals surface area contributed by atoms with Crippen LogP contribution in [0.15, 0.2) is 61.2 Å². The van der Waals surface area contributed by atoms with Crippen LogP contribution >= 0.6 is 11.6 Å². The topological polar surface area (TPSA) is 104 Å². The van der Waals surface area contributed by atoms with E-state index in [1.54, 1.807) is 47.2 Å². The van der Waals surface area contributed by atoms with E-state index in [9.17, 15) is 14.7 Å². The van der Waals surface area contributed by atoms with E-state index in [0.29, 0.717) is 34.9 Å². The number of rotatable bonds is 3. The number of aromatic nitrogens is 4. The van der Waals surface area contributed by atoms with E-state index < -0.39 is 6.09 Å². The summed E-state index contributed by atoms with van der Waals surface area (Å²) in [5.41, 5.74) is 3.54. The highest BCUT2D eigenvalue weighted by molar-refractivity contribution is 6.35. The van der Waals surface area contributed by atoms with E-state index in [-0.39, 0.29) is 18.5 Å². The fraction of sp³-hybridized carbons (Fsp3) is 0.208. The van der Waals surface area contributed by atoms with Gasteiger partial charge in [0.05, 0.1) is 16.2 Å². The van der Waals surface area contributed by atoms with Crippen molar-refractivity contribution in [1.82, 2.24) is 29.5 Å². The Bertz CT molecular complexity index is 1390. The highest BCUT2D eigenvalue weighted by Gasteiger charge is 2.30. The van der Waals surface area contributed by atoms with E-state index in [2.05, 4.69) is 10.2 Å². The minimum absolute atomic E-state index is 0.156. The Kier molecular flexibility index (Phi) is 5.62. The first-order valence-corrected chi connectivity index (χ1v) is 11.1. The largest absolute Gasteiger partial charge is 0.465 e. The number of carbonyl (C=O) groups is 2. The number of nitrogens with zero attached hydrogens (tertiary/aromatic N) is 6. The van der Waals surface area contributed by atoms with Crippen LogP contribution in [0.2, 0.25) is 5.02 Å². The fourth-order valence-corrected chi connectivity index (χ4v) is 4.50. The van der Waals surface area contributed by atoms with Gasteiger partial charge in [0.25, 0.3) is 5.91 Å². The van der Waals surface area contributed by atoms with E-state index in [4.69, 9.17) is 16.6 Å². The van der Waals surface area contributed by atoms with E-state index >= 15 is 0 Å². The van der Waals surface area contributed by atoms with Gasteiger partial charge in [-0.2, -0.15) is 0 Å². The molecule has 172 valence electrons. The molecule has 9 nitrogen and oxygen atoms in total. The van der Waals surface area contributed by atoms with Crippen LogP contribution in [0.5, 0.6) is 0 Å². The summed E-state index contributed by atoms with van der Waals surface area (Å²) < 4.78 is 1.80. The first-order chi connectivity index (χ1) is 16.4. The van der Waals surface area contributed by atoms with Crippen molar-refractivity contribution in [3.63, 3.8) is 0 Å². The van der Waals surface area contributed by atoms with Crippen molar-refractivity contribution in [2.24, 2.45) is 0 Å². The molecular weight excluding hydrogens is 456 g/mol. The summed E-state index contributed by atoms with van der Waals surface area (Å²) in [6.07, 6.45) is 2.27. The Morgan fingerprint density at radius 3 is 2.59 bits per heavy atom. The van der Waals surface area contributed by atoms with Gasteiger partial charge in [-0.25, -0.2) is 9.78 Å². The minimum atomic E-state index is -0.968. The Morgan fingerprint density at radius 2 is 1.85 bits per heavy atom. The number of piperazine rings is 1. The molecule has 10 heteroatoms. The average Bonchev–Trinajstić information content (AvgIpc) is 3.38. The Balaban J connectivity index is 1.46. The molecule has 4 aromatic rings. The van der Waals surface area contributed by atoms with Crippen molar-refractivity contribution >= 4 is 34.5 Å². The molecular formula is C24H21ClN6O3. The molecule has 0 spiro atoms. The number of halogens is 1. The predicted molar refractivity (Wildman–Crippen MR) is 127 cm³/mol. The highest BCUT2D eigenvalue weighted by atomic mass is 35.5. The number of fused-ring (bicyclic) bond motifs is 1. The van der Waals surface area contributed by atoms with Gasteiger partial charge in [0.15, 0.2) is 0 Å². The normalized spacial score (nSPS) is 16.1. The zero-order chi connectivity index (χ0) is 23.8. The van der Waals surface area contributed by atoms with Crippen molar-refractivity contribution in [3.05, 3.63) is 71.8 Å². The minimum Gasteiger partial charge on any atom is -0.465 e. The van der Waals surface area contributed by atoms with Crippen molar-refractivity contribution < 1.29 is 14.7 Å². The number of benzene rings is 2. The molecule has 1 N–H and O–H groups in total. The SMILES string of the molecule is CC1CN(C(=O)c2ccc3c(Cl)cc(-c4cccc(-n5cnnc5)c4)nc3c2)CCN1C(=O)O. The summed E-state index contributed by atoms with van der Waals surface area (Å²) in [7, 11) is 0. The molecule has 0 aliphatic carbocycles. The van der Waals surface area contributed by atoms with Gasteiger partial charge in [-0.15, -0.1) is 10.2 Å². The zero-order valence-corrected chi connectivity index (χ0v) is 19.1. The second kappa shape index (κ2) is 8.75. The van der Waals surface area contributed by atoms with E-state index in [1.807, 2.05) is 30.3 Å². The van der Waals surface area contributed by atoms with Crippen molar-refractivity contribution in [2.75, 3.05) is 19.6 Å². The van der Waals surface area contributed by atoms with Gasteiger partial charge in [-0.05, 0) is 37.3 Å². The molecule has 2 amide bonds. The van der Waals surface area contributed by atoms with Crippen LogP contribution in [0.4, 0.5) is 4.79 Å². The quantitative estimate of drug-likeness (QED) is 0.480. The van der Waals surface area contributed by atoms with Crippen molar-refractivity contribution in [2.45, 2.75) is 13.0 Å². The number of carboxylic acid groups (broad SMARTS) is 1. The molecule has 0 bridgehead atoms. The Labute approximate surface area is 200 Å². The summed E-state index contributed by atoms with van der Waals surface area (Å²) in [6, 6.07) is 14.6. The average molecular weight is 477 g/mol. The Hall–Kier alpha value is -3.98. The molecule has 0 radical (unpaired) electrons. The summed E-state index contributed by atoms with van der Waals surface area (Å²) in [4.78, 5) is 32.3. The zero-order valence-electron chi connectivity index (χ0n) is 18.3. The second-order valence-electron chi connectivity index (χ2n) is 8.22. The lowest BCUT2D eigenvalue weighted by molar-refractivity contribution is 0.0507. The molecule has 2 aromatic carbocycles. The molecule has 1 atom stereocenters. The van der Waals surface area contributed by atoms with Gasteiger partial charge in [-0.3, -0.25) is 9.36 Å². The molecule has 0 saturated carbocycles. The van der Waals surface area contributed by atoms with Crippen LogP contribution in [0.25, 0.3) is 27.8 Å². The Morgan fingerprint density at radius 1 is 1.06 bits per heavy atom. The summed E-state index contributed by atoms with van der Waals surface area (Å²) in [5.74, 6) is -0.156. The van der Waals surface area contributed by atoms with Crippen LogP contribution in [0, 0.1) is 0 Å². The molecule has 1 unspecified atom stereocenters. The lowest BCUT2D eigenvalue weighted by atomic mass is 10.1. The predicted octanol–water partition coefficient (Wildman–Crippen LogP) is 3.96. The van der Waals surface area contributed by atoms with E-state index in [1.165, 1.54) is 4.90 Å². The van der Waals surface area contributed by atoms with Gasteiger partial charge in [-0.1, -0.05) is 29.8 Å². The van der Waals surface area contributed by atoms with Crippen molar-refractivity contribution in [3.8, 4) is 16.9 Å². The molecule has 5 rings (SSSR count). The first-order valence-electron chi connectivity index (χ1n) is 10.8. The van der Waals surface area contributed by atoms with Crippen LogP contribution in [0.3, 0.4) is 0 Å². The van der Waals surface area contributed by atoms with Gasteiger partial charge in [0.1, 0.15) is 12.7 Å². The van der Waals surface area contributed by atoms with Crippen molar-refractivity contribution in [1.29, 1.82) is 0 Å². The number of carbonyl (C=O) groups excluding carboxylic acids is 1. The molecule has 1 aliphatic rings. The summed E-state index contributed by atoms with van der Waals surface area (Å²) in [6.45, 7) is 2.77. The standard InChI is InChI=1S/C24H21ClN6O3/c1-15-12-29(7-8-31(15)24(33)34)23(32)17-5-6-19-20(25)11-21(28-22(19)10-17)16-3-2-4-18(9-16)30-13-26-27-14-30/h2-6,9-11,13-15H,7-8,12H2,1H3,(H,33,34). The van der Waals surface area contributed by atoms with Gasteiger partial charge in [0.2, 0.25) is 0 Å². The third-order valence-electron chi connectivity index (χ3n) is 6.03. The molecule has 2 aromatic heterocycles. The maximum absolute atomic E-state index is 13.2. The van der Waals surface area contributed by atoms with Crippen LogP contribution < -0.4 is 0 Å². The van der Waals surface area contributed by atoms with Crippen LogP contribution in [-0.4, -0.2) is 72.3 Å². The second-order valence-corrected chi connectivity index (χ2v) is 8.62. The maximum atomic E-state index is 13.2. The number of hydrogen-bond donors (Lipinski definition) is 1. The molecule has 34 heavy (non-hydrogen) atoms. The van der Waals surface area contributed by atoms with Gasteiger partial charge in [0, 0.05) is 47.9 Å². The highest BCUT2D eigenvalue weighted by Crippen LogP contribution is 2.30. The number of pyridine rings is 1. The first kappa shape index (κ1) is 21.8. The molecule has 3 heterocycles.